The summed E-state index contributed by atoms with van der Waals surface area (Å²) >= 11 is 0. The lowest BCUT2D eigenvalue weighted by Crippen LogP contribution is -2.48. The number of anilines is 1. The van der Waals surface area contributed by atoms with Gasteiger partial charge in [-0.3, -0.25) is 24.1 Å². The van der Waals surface area contributed by atoms with Crippen LogP contribution < -0.4 is 10.6 Å². The molecule has 0 spiro atoms. The monoisotopic (exact) mass is 397 g/mol. The third-order valence-electron chi connectivity index (χ3n) is 5.47. The van der Waals surface area contributed by atoms with Crippen molar-refractivity contribution >= 4 is 29.3 Å². The Kier molecular flexibility index (Phi) is 6.15. The molecule has 0 radical (unpaired) electrons. The molecule has 0 bridgehead atoms. The van der Waals surface area contributed by atoms with Crippen LogP contribution in [0.4, 0.5) is 5.69 Å². The van der Waals surface area contributed by atoms with Crippen LogP contribution in [-0.4, -0.2) is 41.6 Å². The Morgan fingerprint density at radius 1 is 1.10 bits per heavy atom. The minimum Gasteiger partial charge on any atom is -0.355 e. The van der Waals surface area contributed by atoms with Crippen molar-refractivity contribution in [1.29, 1.82) is 0 Å². The molecule has 0 aromatic heterocycles. The number of rotatable bonds is 6. The van der Waals surface area contributed by atoms with Gasteiger partial charge < -0.3 is 10.6 Å². The number of likely N-dealkylation sites (tertiary alicyclic amines) is 1. The lowest BCUT2D eigenvalue weighted by Gasteiger charge is -2.27. The van der Waals surface area contributed by atoms with Gasteiger partial charge in [-0.1, -0.05) is 32.1 Å². The van der Waals surface area contributed by atoms with Crippen LogP contribution in [0, 0.1) is 17.8 Å². The summed E-state index contributed by atoms with van der Waals surface area (Å²) < 4.78 is 0. The Bertz CT molecular complexity index is 835. The van der Waals surface area contributed by atoms with Crippen LogP contribution >= 0.6 is 0 Å². The number of hydrogen-bond acceptors (Lipinski definition) is 4. The van der Waals surface area contributed by atoms with E-state index in [9.17, 15) is 19.2 Å². The molecule has 154 valence electrons. The molecule has 1 aromatic carbocycles. The summed E-state index contributed by atoms with van der Waals surface area (Å²) in [7, 11) is 1.53. The van der Waals surface area contributed by atoms with Crippen molar-refractivity contribution in [2.24, 2.45) is 17.8 Å². The van der Waals surface area contributed by atoms with Gasteiger partial charge in [0.05, 0.1) is 11.8 Å². The predicted molar refractivity (Wildman–Crippen MR) is 109 cm³/mol. The Balaban J connectivity index is 1.84. The highest BCUT2D eigenvalue weighted by atomic mass is 16.2. The molecule has 4 amide bonds. The summed E-state index contributed by atoms with van der Waals surface area (Å²) in [5.74, 6) is -1.82. The Morgan fingerprint density at radius 3 is 2.28 bits per heavy atom. The summed E-state index contributed by atoms with van der Waals surface area (Å²) in [5, 5.41) is 5.33. The van der Waals surface area contributed by atoms with Gasteiger partial charge in [0.2, 0.25) is 17.7 Å². The Hall–Kier alpha value is -2.96. The summed E-state index contributed by atoms with van der Waals surface area (Å²) in [6.45, 7) is 3.90. The van der Waals surface area contributed by atoms with E-state index in [1.165, 1.54) is 11.9 Å². The summed E-state index contributed by atoms with van der Waals surface area (Å²) in [6.07, 6.45) is 5.31. The van der Waals surface area contributed by atoms with Crippen LogP contribution in [0.5, 0.6) is 0 Å². The number of carbonyl (C=O) groups excluding carboxylic acids is 4. The van der Waals surface area contributed by atoms with Gasteiger partial charge in [0.1, 0.15) is 6.04 Å². The topological polar surface area (TPSA) is 95.6 Å². The van der Waals surface area contributed by atoms with E-state index in [-0.39, 0.29) is 35.5 Å². The van der Waals surface area contributed by atoms with E-state index in [2.05, 4.69) is 10.6 Å². The van der Waals surface area contributed by atoms with Crippen molar-refractivity contribution in [3.05, 3.63) is 42.0 Å². The average molecular weight is 397 g/mol. The van der Waals surface area contributed by atoms with Gasteiger partial charge >= 0.3 is 0 Å². The number of allylic oxidation sites excluding steroid dienone is 2. The zero-order valence-electron chi connectivity index (χ0n) is 17.0. The number of benzene rings is 1. The molecular formula is C22H27N3O4. The van der Waals surface area contributed by atoms with Gasteiger partial charge in [-0.15, -0.1) is 0 Å². The molecule has 1 heterocycles. The first-order chi connectivity index (χ1) is 13.8. The SMILES string of the molecule is CNC(=O)c1cccc(NC(=O)C(CC(C)C)N2C(=O)C3CC=CCC3C2=O)c1. The normalized spacial score (nSPS) is 21.9. The third kappa shape index (κ3) is 4.23. The largest absolute Gasteiger partial charge is 0.355 e. The minimum absolute atomic E-state index is 0.115. The van der Waals surface area contributed by atoms with Crippen LogP contribution in [0.1, 0.15) is 43.5 Å². The molecule has 1 aliphatic carbocycles. The predicted octanol–water partition coefficient (Wildman–Crippen LogP) is 2.35. The van der Waals surface area contributed by atoms with Crippen molar-refractivity contribution < 1.29 is 19.2 Å². The average Bonchev–Trinajstić information content (AvgIpc) is 2.96. The maximum absolute atomic E-state index is 13.1. The summed E-state index contributed by atoms with van der Waals surface area (Å²) in [5.41, 5.74) is 0.860. The minimum atomic E-state index is -0.871. The zero-order chi connectivity index (χ0) is 21.1. The van der Waals surface area contributed by atoms with E-state index in [0.29, 0.717) is 30.5 Å². The van der Waals surface area contributed by atoms with Crippen LogP contribution in [0.25, 0.3) is 0 Å². The van der Waals surface area contributed by atoms with Crippen LogP contribution in [0.15, 0.2) is 36.4 Å². The van der Waals surface area contributed by atoms with Crippen LogP contribution in [0.3, 0.4) is 0 Å². The molecule has 1 aromatic rings. The van der Waals surface area contributed by atoms with Gasteiger partial charge in [0.25, 0.3) is 5.91 Å². The fourth-order valence-corrected chi connectivity index (χ4v) is 4.02. The number of fused-ring (bicyclic) bond motifs is 1. The standard InChI is InChI=1S/C22H27N3O4/c1-13(2)11-18(25-21(28)16-9-4-5-10-17(16)22(25)29)20(27)24-15-8-6-7-14(12-15)19(26)23-3/h4-8,12-13,16-18H,9-11H2,1-3H3,(H,23,26)(H,24,27). The van der Waals surface area contributed by atoms with Crippen molar-refractivity contribution in [3.8, 4) is 0 Å². The highest BCUT2D eigenvalue weighted by Gasteiger charge is 2.51. The lowest BCUT2D eigenvalue weighted by molar-refractivity contribution is -0.147. The molecule has 3 rings (SSSR count). The molecule has 29 heavy (non-hydrogen) atoms. The van der Waals surface area contributed by atoms with Crippen molar-refractivity contribution in [3.63, 3.8) is 0 Å². The van der Waals surface area contributed by atoms with E-state index in [4.69, 9.17) is 0 Å². The lowest BCUT2D eigenvalue weighted by atomic mass is 9.85. The molecule has 2 N–H and O–H groups in total. The van der Waals surface area contributed by atoms with E-state index in [1.54, 1.807) is 24.3 Å². The van der Waals surface area contributed by atoms with E-state index in [1.807, 2.05) is 26.0 Å². The first-order valence-corrected chi connectivity index (χ1v) is 9.98. The Morgan fingerprint density at radius 2 is 1.72 bits per heavy atom. The van der Waals surface area contributed by atoms with Gasteiger partial charge in [0.15, 0.2) is 0 Å². The molecule has 1 fully saturated rings. The maximum atomic E-state index is 13.1. The van der Waals surface area contributed by atoms with Gasteiger partial charge in [-0.2, -0.15) is 0 Å². The molecular weight excluding hydrogens is 370 g/mol. The van der Waals surface area contributed by atoms with Gasteiger partial charge in [-0.25, -0.2) is 0 Å². The number of imide groups is 1. The molecule has 3 unspecified atom stereocenters. The fraction of sp³-hybridized carbons (Fsp3) is 0.455. The second-order valence-corrected chi connectivity index (χ2v) is 8.00. The second-order valence-electron chi connectivity index (χ2n) is 8.00. The van der Waals surface area contributed by atoms with Crippen molar-refractivity contribution in [2.75, 3.05) is 12.4 Å². The molecule has 0 saturated carbocycles. The van der Waals surface area contributed by atoms with Crippen LogP contribution in [-0.2, 0) is 14.4 Å². The third-order valence-corrected chi connectivity index (χ3v) is 5.47. The van der Waals surface area contributed by atoms with Gasteiger partial charge in [-0.05, 0) is 43.4 Å². The van der Waals surface area contributed by atoms with E-state index >= 15 is 0 Å². The highest BCUT2D eigenvalue weighted by molar-refractivity contribution is 6.10. The highest BCUT2D eigenvalue weighted by Crippen LogP contribution is 2.37. The van der Waals surface area contributed by atoms with Crippen molar-refractivity contribution in [2.45, 2.75) is 39.2 Å². The summed E-state index contributed by atoms with van der Waals surface area (Å²) in [6, 6.07) is 5.69. The first kappa shape index (κ1) is 20.8. The maximum Gasteiger partial charge on any atom is 0.251 e. The summed E-state index contributed by atoms with van der Waals surface area (Å²) in [4.78, 5) is 52.0. The number of nitrogens with one attached hydrogen (secondary N) is 2. The number of amides is 4. The van der Waals surface area contributed by atoms with E-state index < -0.39 is 11.9 Å². The number of carbonyl (C=O) groups is 4. The second kappa shape index (κ2) is 8.59. The first-order valence-electron chi connectivity index (χ1n) is 9.98. The number of nitrogens with zero attached hydrogens (tertiary/aromatic N) is 1. The quantitative estimate of drug-likeness (QED) is 0.569. The molecule has 1 aliphatic heterocycles. The molecule has 3 atom stereocenters. The van der Waals surface area contributed by atoms with Gasteiger partial charge in [0, 0.05) is 18.3 Å². The smallest absolute Gasteiger partial charge is 0.251 e. The molecule has 7 heteroatoms. The zero-order valence-corrected chi connectivity index (χ0v) is 17.0. The van der Waals surface area contributed by atoms with Crippen molar-refractivity contribution in [1.82, 2.24) is 10.2 Å². The number of hydrogen-bond donors (Lipinski definition) is 2. The molecule has 7 nitrogen and oxygen atoms in total. The van der Waals surface area contributed by atoms with E-state index in [0.717, 1.165) is 0 Å². The Labute approximate surface area is 170 Å². The fourth-order valence-electron chi connectivity index (χ4n) is 4.02. The molecule has 1 saturated heterocycles. The van der Waals surface area contributed by atoms with Crippen LogP contribution in [0.2, 0.25) is 0 Å². The molecule has 2 aliphatic rings.